The molecule has 2 saturated carbocycles. The molecule has 0 bridgehead atoms. The van der Waals surface area contributed by atoms with Gasteiger partial charge in [-0.2, -0.15) is 0 Å². The molecule has 1 aromatic carbocycles. The zero-order valence-electron chi connectivity index (χ0n) is 15.6. The fraction of sp³-hybridized carbons (Fsp3) is 0.571. The van der Waals surface area contributed by atoms with E-state index >= 15 is 0 Å². The van der Waals surface area contributed by atoms with Crippen molar-refractivity contribution in [2.75, 3.05) is 0 Å². The zero-order chi connectivity index (χ0) is 19.2. The number of carbonyl (C=O) groups excluding carboxylic acids is 2. The molecule has 1 aromatic rings. The number of amides is 2. The first-order valence-electron chi connectivity index (χ1n) is 9.93. The first-order valence-corrected chi connectivity index (χ1v) is 9.93. The van der Waals surface area contributed by atoms with Crippen LogP contribution in [0.2, 0.25) is 0 Å². The van der Waals surface area contributed by atoms with Gasteiger partial charge in [-0.05, 0) is 56.2 Å². The monoisotopic (exact) mass is 372 g/mol. The van der Waals surface area contributed by atoms with Crippen molar-refractivity contribution >= 4 is 17.8 Å². The third kappa shape index (κ3) is 5.31. The van der Waals surface area contributed by atoms with Crippen molar-refractivity contribution in [3.8, 4) is 0 Å². The van der Waals surface area contributed by atoms with E-state index in [0.29, 0.717) is 6.54 Å². The summed E-state index contributed by atoms with van der Waals surface area (Å²) in [5.74, 6) is -0.535. The minimum absolute atomic E-state index is 0.0112. The summed E-state index contributed by atoms with van der Waals surface area (Å²) in [5.41, 5.74) is 1.12. The Labute approximate surface area is 159 Å². The number of hydrogen-bond donors (Lipinski definition) is 3. The van der Waals surface area contributed by atoms with E-state index in [2.05, 4.69) is 10.6 Å². The molecular weight excluding hydrogens is 344 g/mol. The predicted molar refractivity (Wildman–Crippen MR) is 101 cm³/mol. The van der Waals surface area contributed by atoms with E-state index in [1.165, 1.54) is 0 Å². The first-order chi connectivity index (χ1) is 13.0. The minimum Gasteiger partial charge on any atom is -0.478 e. The predicted octanol–water partition coefficient (Wildman–Crippen LogP) is 2.87. The Hall–Kier alpha value is -2.37. The van der Waals surface area contributed by atoms with E-state index in [4.69, 9.17) is 5.11 Å². The van der Waals surface area contributed by atoms with Crippen molar-refractivity contribution in [2.24, 2.45) is 11.8 Å². The Morgan fingerprint density at radius 1 is 0.852 bits per heavy atom. The summed E-state index contributed by atoms with van der Waals surface area (Å²) in [7, 11) is 0. The van der Waals surface area contributed by atoms with E-state index in [9.17, 15) is 14.4 Å². The fourth-order valence-electron chi connectivity index (χ4n) is 4.11. The average molecular weight is 372 g/mol. The molecule has 0 radical (unpaired) electrons. The van der Waals surface area contributed by atoms with Gasteiger partial charge >= 0.3 is 5.97 Å². The Bertz CT molecular complexity index is 672. The van der Waals surface area contributed by atoms with Crippen LogP contribution >= 0.6 is 0 Å². The molecule has 2 aliphatic rings. The quantitative estimate of drug-likeness (QED) is 0.715. The van der Waals surface area contributed by atoms with Crippen molar-refractivity contribution in [3.05, 3.63) is 35.4 Å². The largest absolute Gasteiger partial charge is 0.478 e. The summed E-state index contributed by atoms with van der Waals surface area (Å²) < 4.78 is 0. The van der Waals surface area contributed by atoms with Crippen molar-refractivity contribution < 1.29 is 19.5 Å². The van der Waals surface area contributed by atoms with Gasteiger partial charge in [0.1, 0.15) is 0 Å². The van der Waals surface area contributed by atoms with Gasteiger partial charge in [0.15, 0.2) is 0 Å². The number of rotatable bonds is 6. The molecule has 27 heavy (non-hydrogen) atoms. The van der Waals surface area contributed by atoms with Crippen LogP contribution in [0.4, 0.5) is 0 Å². The van der Waals surface area contributed by atoms with Gasteiger partial charge in [-0.15, -0.1) is 0 Å². The van der Waals surface area contributed by atoms with E-state index in [-0.39, 0.29) is 35.3 Å². The van der Waals surface area contributed by atoms with Crippen molar-refractivity contribution in [2.45, 2.75) is 64.0 Å². The lowest BCUT2D eigenvalue weighted by Gasteiger charge is -2.29. The van der Waals surface area contributed by atoms with Gasteiger partial charge in [0, 0.05) is 24.4 Å². The van der Waals surface area contributed by atoms with Gasteiger partial charge in [0.25, 0.3) is 0 Å². The summed E-state index contributed by atoms with van der Waals surface area (Å²) in [4.78, 5) is 35.5. The summed E-state index contributed by atoms with van der Waals surface area (Å²) in [6.45, 7) is 0.400. The molecule has 6 nitrogen and oxygen atoms in total. The summed E-state index contributed by atoms with van der Waals surface area (Å²) in [6, 6.07) is 6.73. The third-order valence-electron chi connectivity index (χ3n) is 5.84. The molecular formula is C21H28N2O4. The van der Waals surface area contributed by atoms with Crippen LogP contribution in [-0.2, 0) is 16.1 Å². The van der Waals surface area contributed by atoms with Gasteiger partial charge < -0.3 is 15.7 Å². The highest BCUT2D eigenvalue weighted by atomic mass is 16.4. The second kappa shape index (κ2) is 9.02. The number of carboxylic acids is 1. The number of benzene rings is 1. The Kier molecular flexibility index (Phi) is 6.48. The summed E-state index contributed by atoms with van der Waals surface area (Å²) >= 11 is 0. The van der Waals surface area contributed by atoms with E-state index in [0.717, 1.165) is 56.9 Å². The molecule has 0 aromatic heterocycles. The smallest absolute Gasteiger partial charge is 0.335 e. The normalized spacial score (nSPS) is 23.0. The number of carboxylic acid groups (broad SMARTS) is 1. The van der Waals surface area contributed by atoms with Crippen LogP contribution in [-0.4, -0.2) is 28.9 Å². The first kappa shape index (κ1) is 19.4. The third-order valence-corrected chi connectivity index (χ3v) is 5.84. The Morgan fingerprint density at radius 2 is 1.44 bits per heavy atom. The number of hydrogen-bond acceptors (Lipinski definition) is 3. The molecule has 0 aliphatic heterocycles. The standard InChI is InChI=1S/C21H28N2O4/c24-19(22-13-14-5-7-17(8-6-14)21(26)27)16-9-11-18(12-10-16)23-20(25)15-3-1-2-4-15/h5-8,15-16,18H,1-4,9-13H2,(H,22,24)(H,23,25)(H,26,27). The van der Waals surface area contributed by atoms with Crippen LogP contribution in [0.15, 0.2) is 24.3 Å². The summed E-state index contributed by atoms with van der Waals surface area (Å²) in [5, 5.41) is 15.0. The second-order valence-corrected chi connectivity index (χ2v) is 7.76. The molecule has 6 heteroatoms. The number of nitrogens with one attached hydrogen (secondary N) is 2. The van der Waals surface area contributed by atoms with E-state index in [1.54, 1.807) is 24.3 Å². The van der Waals surface area contributed by atoms with Crippen LogP contribution in [0.1, 0.15) is 67.3 Å². The second-order valence-electron chi connectivity index (χ2n) is 7.76. The lowest BCUT2D eigenvalue weighted by atomic mass is 9.85. The van der Waals surface area contributed by atoms with Crippen LogP contribution in [0, 0.1) is 11.8 Å². The molecule has 2 aliphatic carbocycles. The molecule has 3 N–H and O–H groups in total. The van der Waals surface area contributed by atoms with Gasteiger partial charge in [-0.3, -0.25) is 9.59 Å². The van der Waals surface area contributed by atoms with Crippen molar-refractivity contribution in [1.82, 2.24) is 10.6 Å². The molecule has 0 saturated heterocycles. The van der Waals surface area contributed by atoms with Crippen LogP contribution in [0.5, 0.6) is 0 Å². The highest BCUT2D eigenvalue weighted by Gasteiger charge is 2.29. The van der Waals surface area contributed by atoms with Crippen molar-refractivity contribution in [1.29, 1.82) is 0 Å². The SMILES string of the molecule is O=C(O)c1ccc(CNC(=O)C2CCC(NC(=O)C3CCCC3)CC2)cc1. The van der Waals surface area contributed by atoms with Gasteiger partial charge in [-0.1, -0.05) is 25.0 Å². The van der Waals surface area contributed by atoms with Gasteiger partial charge in [0.2, 0.25) is 11.8 Å². The number of carbonyl (C=O) groups is 3. The number of aromatic carboxylic acids is 1. The van der Waals surface area contributed by atoms with E-state index < -0.39 is 5.97 Å². The topological polar surface area (TPSA) is 95.5 Å². The van der Waals surface area contributed by atoms with Gasteiger partial charge in [-0.25, -0.2) is 4.79 Å². The van der Waals surface area contributed by atoms with Crippen LogP contribution < -0.4 is 10.6 Å². The lowest BCUT2D eigenvalue weighted by molar-refractivity contribution is -0.126. The highest BCUT2D eigenvalue weighted by molar-refractivity contribution is 5.87. The maximum Gasteiger partial charge on any atom is 0.335 e. The fourth-order valence-corrected chi connectivity index (χ4v) is 4.11. The van der Waals surface area contributed by atoms with Crippen LogP contribution in [0.3, 0.4) is 0 Å². The van der Waals surface area contributed by atoms with Crippen LogP contribution in [0.25, 0.3) is 0 Å². The molecule has 0 atom stereocenters. The minimum atomic E-state index is -0.956. The van der Waals surface area contributed by atoms with Gasteiger partial charge in [0.05, 0.1) is 5.56 Å². The average Bonchev–Trinajstić information content (AvgIpc) is 3.22. The maximum atomic E-state index is 12.4. The molecule has 0 unspecified atom stereocenters. The Morgan fingerprint density at radius 3 is 2.04 bits per heavy atom. The summed E-state index contributed by atoms with van der Waals surface area (Å²) in [6.07, 6.45) is 7.62. The molecule has 0 heterocycles. The molecule has 2 fully saturated rings. The maximum absolute atomic E-state index is 12.4. The highest BCUT2D eigenvalue weighted by Crippen LogP contribution is 2.28. The molecule has 3 rings (SSSR count). The van der Waals surface area contributed by atoms with Crippen molar-refractivity contribution in [3.63, 3.8) is 0 Å². The Balaban J connectivity index is 1.39. The lowest BCUT2D eigenvalue weighted by Crippen LogP contribution is -2.42. The molecule has 146 valence electrons. The zero-order valence-corrected chi connectivity index (χ0v) is 15.6. The van der Waals surface area contributed by atoms with E-state index in [1.807, 2.05) is 0 Å². The molecule has 2 amide bonds. The molecule has 0 spiro atoms.